The van der Waals surface area contributed by atoms with E-state index in [4.69, 9.17) is 5.73 Å². The Balaban J connectivity index is 2.10. The minimum absolute atomic E-state index is 0.114. The molecule has 0 spiro atoms. The normalized spacial score (nSPS) is 10.3. The lowest BCUT2D eigenvalue weighted by Gasteiger charge is -2.11. The van der Waals surface area contributed by atoms with Crippen molar-refractivity contribution in [3.8, 4) is 0 Å². The molecule has 0 fully saturated rings. The molecular weight excluding hydrogens is 228 g/mol. The zero-order valence-corrected chi connectivity index (χ0v) is 10.5. The molecular formula is C13H16N4O. The maximum Gasteiger partial charge on any atom is 0.244 e. The predicted molar refractivity (Wildman–Crippen MR) is 71.2 cm³/mol. The Morgan fingerprint density at radius 3 is 2.83 bits per heavy atom. The summed E-state index contributed by atoms with van der Waals surface area (Å²) in [5.41, 5.74) is 8.04. The average Bonchev–Trinajstić information content (AvgIpc) is 2.70. The Labute approximate surface area is 106 Å². The Bertz CT molecular complexity index is 554. The zero-order chi connectivity index (χ0) is 13.1. The molecule has 5 nitrogen and oxygen atoms in total. The van der Waals surface area contributed by atoms with Gasteiger partial charge in [0.15, 0.2) is 0 Å². The van der Waals surface area contributed by atoms with Crippen molar-refractivity contribution >= 4 is 17.3 Å². The van der Waals surface area contributed by atoms with Gasteiger partial charge in [0.05, 0.1) is 11.4 Å². The number of aryl methyl sites for hydroxylation is 2. The Morgan fingerprint density at radius 1 is 1.44 bits per heavy atom. The maximum atomic E-state index is 11.9. The largest absolute Gasteiger partial charge is 0.397 e. The molecule has 2 rings (SSSR count). The second-order valence-corrected chi connectivity index (χ2v) is 4.19. The van der Waals surface area contributed by atoms with E-state index in [2.05, 4.69) is 10.3 Å². The molecule has 94 valence electrons. The van der Waals surface area contributed by atoms with E-state index in [-0.39, 0.29) is 12.5 Å². The molecule has 0 radical (unpaired) electrons. The highest BCUT2D eigenvalue weighted by molar-refractivity contribution is 5.94. The predicted octanol–water partition coefficient (Wildman–Crippen LogP) is 1.72. The number of nitrogens with zero attached hydrogens (tertiary/aromatic N) is 2. The number of carbonyl (C=O) groups excluding carboxylic acids is 1. The van der Waals surface area contributed by atoms with Crippen molar-refractivity contribution in [2.75, 3.05) is 11.1 Å². The highest BCUT2D eigenvalue weighted by Crippen LogP contribution is 2.22. The van der Waals surface area contributed by atoms with Gasteiger partial charge >= 0.3 is 0 Å². The first-order valence-corrected chi connectivity index (χ1v) is 5.70. The van der Waals surface area contributed by atoms with Crippen molar-refractivity contribution < 1.29 is 4.79 Å². The summed E-state index contributed by atoms with van der Waals surface area (Å²) in [6.07, 6.45) is 3.45. The number of nitrogens with two attached hydrogens (primary N) is 1. The number of rotatable bonds is 3. The molecule has 0 saturated carbocycles. The van der Waals surface area contributed by atoms with Gasteiger partial charge in [-0.15, -0.1) is 0 Å². The zero-order valence-electron chi connectivity index (χ0n) is 10.5. The number of aromatic nitrogens is 2. The molecule has 18 heavy (non-hydrogen) atoms. The van der Waals surface area contributed by atoms with Crippen LogP contribution in [0.5, 0.6) is 0 Å². The number of imidazole rings is 1. The average molecular weight is 244 g/mol. The third-order valence-electron chi connectivity index (χ3n) is 2.81. The second-order valence-electron chi connectivity index (χ2n) is 4.19. The summed E-state index contributed by atoms with van der Waals surface area (Å²) < 4.78 is 1.78. The summed E-state index contributed by atoms with van der Waals surface area (Å²) in [7, 11) is 0. The minimum Gasteiger partial charge on any atom is -0.397 e. The van der Waals surface area contributed by atoms with E-state index in [1.165, 1.54) is 0 Å². The first kappa shape index (κ1) is 12.2. The highest BCUT2D eigenvalue weighted by Gasteiger charge is 2.09. The first-order valence-electron chi connectivity index (χ1n) is 5.70. The molecule has 1 aromatic carbocycles. The third-order valence-corrected chi connectivity index (χ3v) is 2.81. The van der Waals surface area contributed by atoms with Crippen LogP contribution in [-0.2, 0) is 11.3 Å². The van der Waals surface area contributed by atoms with Crippen LogP contribution in [0.4, 0.5) is 11.4 Å². The highest BCUT2D eigenvalue weighted by atomic mass is 16.1. The van der Waals surface area contributed by atoms with Gasteiger partial charge in [-0.1, -0.05) is 12.1 Å². The lowest BCUT2D eigenvalue weighted by Crippen LogP contribution is -2.20. The fourth-order valence-corrected chi connectivity index (χ4v) is 1.77. The van der Waals surface area contributed by atoms with Crippen LogP contribution in [0, 0.1) is 13.8 Å². The third kappa shape index (κ3) is 2.51. The smallest absolute Gasteiger partial charge is 0.244 e. The number of anilines is 2. The summed E-state index contributed by atoms with van der Waals surface area (Å²) >= 11 is 0. The number of hydrogen-bond donors (Lipinski definition) is 2. The van der Waals surface area contributed by atoms with Crippen molar-refractivity contribution in [2.24, 2.45) is 0 Å². The molecule has 2 aromatic rings. The number of nitrogen functional groups attached to an aromatic ring is 1. The van der Waals surface area contributed by atoms with Crippen LogP contribution in [0.2, 0.25) is 0 Å². The monoisotopic (exact) mass is 244 g/mol. The fourth-order valence-electron chi connectivity index (χ4n) is 1.77. The number of hydrogen-bond acceptors (Lipinski definition) is 3. The molecule has 0 unspecified atom stereocenters. The summed E-state index contributed by atoms with van der Waals surface area (Å²) in [4.78, 5) is 16.0. The summed E-state index contributed by atoms with van der Waals surface area (Å²) in [5.74, 6) is 0.694. The minimum atomic E-state index is -0.114. The lowest BCUT2D eigenvalue weighted by molar-refractivity contribution is -0.116. The van der Waals surface area contributed by atoms with Gasteiger partial charge in [-0.3, -0.25) is 4.79 Å². The van der Waals surface area contributed by atoms with Gasteiger partial charge in [0.2, 0.25) is 5.91 Å². The van der Waals surface area contributed by atoms with Crippen LogP contribution in [0.1, 0.15) is 11.4 Å². The number of para-hydroxylation sites is 1. The molecule has 0 saturated heterocycles. The molecule has 0 atom stereocenters. The number of carbonyl (C=O) groups is 1. The van der Waals surface area contributed by atoms with E-state index < -0.39 is 0 Å². The van der Waals surface area contributed by atoms with Gasteiger partial charge in [-0.05, 0) is 25.5 Å². The molecule has 0 bridgehead atoms. The standard InChI is InChI=1S/C13H16N4O/c1-9-4-3-5-11(14)13(9)16-12(18)8-17-7-6-15-10(17)2/h3-7H,8,14H2,1-2H3,(H,16,18). The van der Waals surface area contributed by atoms with Gasteiger partial charge in [0.25, 0.3) is 0 Å². The molecule has 1 heterocycles. The molecule has 5 heteroatoms. The number of amides is 1. The topological polar surface area (TPSA) is 72.9 Å². The lowest BCUT2D eigenvalue weighted by atomic mass is 10.1. The van der Waals surface area contributed by atoms with Crippen molar-refractivity contribution in [1.29, 1.82) is 0 Å². The van der Waals surface area contributed by atoms with Crippen LogP contribution in [0.25, 0.3) is 0 Å². The Morgan fingerprint density at radius 2 is 2.22 bits per heavy atom. The van der Waals surface area contributed by atoms with Crippen molar-refractivity contribution in [3.05, 3.63) is 42.0 Å². The summed E-state index contributed by atoms with van der Waals surface area (Å²) in [6.45, 7) is 4.00. The number of nitrogens with one attached hydrogen (secondary N) is 1. The quantitative estimate of drug-likeness (QED) is 0.807. The summed E-state index contributed by atoms with van der Waals surface area (Å²) in [6, 6.07) is 5.54. The fraction of sp³-hybridized carbons (Fsp3) is 0.231. The first-order chi connectivity index (χ1) is 8.58. The van der Waals surface area contributed by atoms with E-state index >= 15 is 0 Å². The summed E-state index contributed by atoms with van der Waals surface area (Å²) in [5, 5.41) is 2.83. The molecule has 0 aliphatic heterocycles. The Kier molecular flexibility index (Phi) is 3.32. The van der Waals surface area contributed by atoms with Crippen LogP contribution in [0.15, 0.2) is 30.6 Å². The molecule has 0 aliphatic carbocycles. The van der Waals surface area contributed by atoms with Crippen LogP contribution >= 0.6 is 0 Å². The van der Waals surface area contributed by atoms with Crippen LogP contribution in [0.3, 0.4) is 0 Å². The van der Waals surface area contributed by atoms with Crippen LogP contribution in [-0.4, -0.2) is 15.5 Å². The van der Waals surface area contributed by atoms with Gasteiger partial charge in [0, 0.05) is 12.4 Å². The molecule has 0 aliphatic rings. The molecule has 1 aromatic heterocycles. The second kappa shape index (κ2) is 4.91. The van der Waals surface area contributed by atoms with Gasteiger partial charge in [-0.25, -0.2) is 4.98 Å². The number of benzene rings is 1. The van der Waals surface area contributed by atoms with Crippen LogP contribution < -0.4 is 11.1 Å². The van der Waals surface area contributed by atoms with Crippen molar-refractivity contribution in [1.82, 2.24) is 9.55 Å². The van der Waals surface area contributed by atoms with Crippen molar-refractivity contribution in [3.63, 3.8) is 0 Å². The van der Waals surface area contributed by atoms with Crippen molar-refractivity contribution in [2.45, 2.75) is 20.4 Å². The molecule has 3 N–H and O–H groups in total. The van der Waals surface area contributed by atoms with E-state index in [1.54, 1.807) is 23.0 Å². The Hall–Kier alpha value is -2.30. The molecule has 1 amide bonds. The van der Waals surface area contributed by atoms with Gasteiger partial charge < -0.3 is 15.6 Å². The SMILES string of the molecule is Cc1cccc(N)c1NC(=O)Cn1ccnc1C. The van der Waals surface area contributed by atoms with E-state index in [0.29, 0.717) is 11.4 Å². The van der Waals surface area contributed by atoms with Gasteiger partial charge in [0.1, 0.15) is 12.4 Å². The van der Waals surface area contributed by atoms with Gasteiger partial charge in [-0.2, -0.15) is 0 Å². The van der Waals surface area contributed by atoms with E-state index in [0.717, 1.165) is 11.4 Å². The maximum absolute atomic E-state index is 11.9. The van der Waals surface area contributed by atoms with E-state index in [9.17, 15) is 4.79 Å². The van der Waals surface area contributed by atoms with E-state index in [1.807, 2.05) is 26.0 Å².